The Balaban J connectivity index is 2.23. The van der Waals surface area contributed by atoms with Gasteiger partial charge in [-0.1, -0.05) is 20.8 Å². The van der Waals surface area contributed by atoms with E-state index in [2.05, 4.69) is 32.5 Å². The monoisotopic (exact) mass is 144 g/mol. The smallest absolute Gasteiger partial charge is 0.00285 e. The fourth-order valence-corrected chi connectivity index (χ4v) is 2.22. The van der Waals surface area contributed by atoms with Gasteiger partial charge in [-0.2, -0.15) is 11.8 Å². The van der Waals surface area contributed by atoms with Crippen LogP contribution in [0.1, 0.15) is 20.8 Å². The van der Waals surface area contributed by atoms with Crippen LogP contribution in [0.5, 0.6) is 0 Å². The van der Waals surface area contributed by atoms with Crippen LogP contribution in [-0.4, -0.2) is 11.5 Å². The molecule has 1 heterocycles. The van der Waals surface area contributed by atoms with Gasteiger partial charge >= 0.3 is 0 Å². The average molecular weight is 144 g/mol. The van der Waals surface area contributed by atoms with Crippen molar-refractivity contribution in [1.29, 1.82) is 0 Å². The Labute approximate surface area is 62.4 Å². The van der Waals surface area contributed by atoms with E-state index < -0.39 is 0 Å². The lowest BCUT2D eigenvalue weighted by Gasteiger charge is -2.33. The Kier molecular flexibility index (Phi) is 2.45. The zero-order valence-electron chi connectivity index (χ0n) is 6.55. The van der Waals surface area contributed by atoms with Gasteiger partial charge in [-0.15, -0.1) is 0 Å². The van der Waals surface area contributed by atoms with E-state index in [-0.39, 0.29) is 0 Å². The van der Waals surface area contributed by atoms with Crippen molar-refractivity contribution in [3.8, 4) is 0 Å². The summed E-state index contributed by atoms with van der Waals surface area (Å²) >= 11 is 2.09. The van der Waals surface area contributed by atoms with Crippen molar-refractivity contribution in [2.75, 3.05) is 11.5 Å². The van der Waals surface area contributed by atoms with Crippen molar-refractivity contribution in [2.24, 2.45) is 17.8 Å². The van der Waals surface area contributed by atoms with E-state index in [1.54, 1.807) is 0 Å². The minimum absolute atomic E-state index is 0.885. The highest BCUT2D eigenvalue weighted by atomic mass is 32.2. The van der Waals surface area contributed by atoms with Gasteiger partial charge in [0, 0.05) is 0 Å². The second kappa shape index (κ2) is 2.96. The molecule has 0 nitrogen and oxygen atoms in total. The van der Waals surface area contributed by atoms with Gasteiger partial charge in [0.05, 0.1) is 0 Å². The van der Waals surface area contributed by atoms with Gasteiger partial charge in [0.1, 0.15) is 0 Å². The summed E-state index contributed by atoms with van der Waals surface area (Å²) in [7, 11) is 0. The molecule has 9 heavy (non-hydrogen) atoms. The van der Waals surface area contributed by atoms with Gasteiger partial charge < -0.3 is 0 Å². The molecule has 1 aliphatic rings. The van der Waals surface area contributed by atoms with Crippen LogP contribution < -0.4 is 0 Å². The highest BCUT2D eigenvalue weighted by Gasteiger charge is 2.25. The molecule has 1 heteroatoms. The summed E-state index contributed by atoms with van der Waals surface area (Å²) in [6.07, 6.45) is 0. The van der Waals surface area contributed by atoms with E-state index in [4.69, 9.17) is 0 Å². The van der Waals surface area contributed by atoms with Gasteiger partial charge in [-0.3, -0.25) is 0 Å². The zero-order valence-corrected chi connectivity index (χ0v) is 7.37. The maximum atomic E-state index is 2.38. The van der Waals surface area contributed by atoms with Crippen molar-refractivity contribution in [3.63, 3.8) is 0 Å². The predicted octanol–water partition coefficient (Wildman–Crippen LogP) is 2.64. The molecule has 1 aliphatic heterocycles. The molecule has 1 atom stereocenters. The lowest BCUT2D eigenvalue weighted by molar-refractivity contribution is 0.314. The first-order valence-electron chi connectivity index (χ1n) is 3.79. The third kappa shape index (κ3) is 1.64. The Hall–Kier alpha value is 0.350. The summed E-state index contributed by atoms with van der Waals surface area (Å²) in [5.74, 6) is 5.70. The van der Waals surface area contributed by atoms with Crippen LogP contribution >= 0.6 is 11.8 Å². The van der Waals surface area contributed by atoms with Gasteiger partial charge in [-0.05, 0) is 29.3 Å². The van der Waals surface area contributed by atoms with Crippen molar-refractivity contribution >= 4 is 11.8 Å². The minimum atomic E-state index is 0.885. The quantitative estimate of drug-likeness (QED) is 0.574. The lowest BCUT2D eigenvalue weighted by atomic mass is 9.87. The fourth-order valence-electron chi connectivity index (χ4n) is 1.10. The van der Waals surface area contributed by atoms with Crippen molar-refractivity contribution in [2.45, 2.75) is 20.8 Å². The number of thioether (sulfide) groups is 1. The Morgan fingerprint density at radius 1 is 1.22 bits per heavy atom. The van der Waals surface area contributed by atoms with E-state index in [1.165, 1.54) is 11.5 Å². The number of hydrogen-bond acceptors (Lipinski definition) is 1. The van der Waals surface area contributed by atoms with Crippen LogP contribution in [-0.2, 0) is 0 Å². The maximum absolute atomic E-state index is 2.38. The normalized spacial score (nSPS) is 24.0. The van der Waals surface area contributed by atoms with E-state index in [1.807, 2.05) is 0 Å². The lowest BCUT2D eigenvalue weighted by Crippen LogP contribution is -2.28. The van der Waals surface area contributed by atoms with Crippen LogP contribution in [0.25, 0.3) is 0 Å². The molecule has 0 N–H and O–H groups in total. The van der Waals surface area contributed by atoms with Gasteiger partial charge in [-0.25, -0.2) is 0 Å². The Morgan fingerprint density at radius 3 is 1.89 bits per heavy atom. The van der Waals surface area contributed by atoms with Crippen LogP contribution in [0.4, 0.5) is 0 Å². The molecule has 1 unspecified atom stereocenters. The molecule has 0 aromatic rings. The van der Waals surface area contributed by atoms with E-state index in [0.717, 1.165) is 17.8 Å². The van der Waals surface area contributed by atoms with Gasteiger partial charge in [0.15, 0.2) is 0 Å². The first kappa shape index (κ1) is 7.46. The largest absolute Gasteiger partial charge is 0.161 e. The molecule has 0 saturated carbocycles. The molecule has 54 valence electrons. The first-order valence-corrected chi connectivity index (χ1v) is 4.95. The topological polar surface area (TPSA) is 0 Å². The summed E-state index contributed by atoms with van der Waals surface area (Å²) in [5, 5.41) is 0. The van der Waals surface area contributed by atoms with Crippen molar-refractivity contribution < 1.29 is 0 Å². The highest BCUT2D eigenvalue weighted by Crippen LogP contribution is 2.34. The average Bonchev–Trinajstić information content (AvgIpc) is 1.60. The summed E-state index contributed by atoms with van der Waals surface area (Å²) < 4.78 is 0. The minimum Gasteiger partial charge on any atom is -0.161 e. The first-order chi connectivity index (χ1) is 4.22. The molecule has 1 fully saturated rings. The van der Waals surface area contributed by atoms with Crippen molar-refractivity contribution in [1.82, 2.24) is 0 Å². The van der Waals surface area contributed by atoms with E-state index >= 15 is 0 Å². The summed E-state index contributed by atoms with van der Waals surface area (Å²) in [6.45, 7) is 7.04. The SMILES string of the molecule is CC(C)C(C)C1CSC1. The van der Waals surface area contributed by atoms with E-state index in [0.29, 0.717) is 0 Å². The third-order valence-corrected chi connectivity index (χ3v) is 3.79. The van der Waals surface area contributed by atoms with Crippen LogP contribution in [0.3, 0.4) is 0 Å². The maximum Gasteiger partial charge on any atom is -0.00285 e. The zero-order chi connectivity index (χ0) is 6.85. The molecule has 0 radical (unpaired) electrons. The third-order valence-electron chi connectivity index (χ3n) is 2.46. The van der Waals surface area contributed by atoms with Crippen LogP contribution in [0.2, 0.25) is 0 Å². The molecule has 0 amide bonds. The molecular formula is C8H16S. The van der Waals surface area contributed by atoms with Gasteiger partial charge in [0.25, 0.3) is 0 Å². The predicted molar refractivity (Wildman–Crippen MR) is 44.8 cm³/mol. The molecule has 0 bridgehead atoms. The molecule has 0 aromatic heterocycles. The summed E-state index contributed by atoms with van der Waals surface area (Å²) in [4.78, 5) is 0. The molecule has 1 saturated heterocycles. The molecule has 0 aliphatic carbocycles. The second-order valence-corrected chi connectivity index (χ2v) is 4.48. The Bertz CT molecular complexity index is 84.6. The van der Waals surface area contributed by atoms with Crippen LogP contribution in [0.15, 0.2) is 0 Å². The number of rotatable bonds is 2. The molecule has 1 rings (SSSR count). The summed E-state index contributed by atoms with van der Waals surface area (Å²) in [5.41, 5.74) is 0. The van der Waals surface area contributed by atoms with Gasteiger partial charge in [0.2, 0.25) is 0 Å². The van der Waals surface area contributed by atoms with E-state index in [9.17, 15) is 0 Å². The highest BCUT2D eigenvalue weighted by molar-refractivity contribution is 8.00. The number of hydrogen-bond donors (Lipinski definition) is 0. The molecule has 0 spiro atoms. The fraction of sp³-hybridized carbons (Fsp3) is 1.00. The van der Waals surface area contributed by atoms with Crippen molar-refractivity contribution in [3.05, 3.63) is 0 Å². The molecule has 0 aromatic carbocycles. The summed E-state index contributed by atoms with van der Waals surface area (Å²) in [6, 6.07) is 0. The standard InChI is InChI=1S/C8H16S/c1-6(2)7(3)8-4-9-5-8/h6-8H,4-5H2,1-3H3. The van der Waals surface area contributed by atoms with Crippen LogP contribution in [0, 0.1) is 17.8 Å². The second-order valence-electron chi connectivity index (χ2n) is 3.40. The Morgan fingerprint density at radius 2 is 1.78 bits per heavy atom. The molecular weight excluding hydrogens is 128 g/mol.